The third-order valence-electron chi connectivity index (χ3n) is 6.30. The first-order chi connectivity index (χ1) is 18.4. The molecule has 1 atom stereocenters. The summed E-state index contributed by atoms with van der Waals surface area (Å²) in [5.74, 6) is -1.67. The maximum Gasteiger partial charge on any atom is 0.255 e. The van der Waals surface area contributed by atoms with Gasteiger partial charge < -0.3 is 19.3 Å². The first kappa shape index (κ1) is 17.3. The number of benzene rings is 2. The van der Waals surface area contributed by atoms with Crippen LogP contribution in [0.25, 0.3) is 0 Å². The van der Waals surface area contributed by atoms with Crippen molar-refractivity contribution >= 4 is 11.8 Å². The van der Waals surface area contributed by atoms with E-state index in [0.717, 1.165) is 48.9 Å². The minimum absolute atomic E-state index is 0.0228. The van der Waals surface area contributed by atoms with Gasteiger partial charge in [0, 0.05) is 46.2 Å². The van der Waals surface area contributed by atoms with Crippen LogP contribution in [0.5, 0.6) is 5.75 Å². The Labute approximate surface area is 207 Å². The molecule has 2 fully saturated rings. The maximum atomic E-state index is 13.5. The lowest BCUT2D eigenvalue weighted by Crippen LogP contribution is -2.50. The van der Waals surface area contributed by atoms with Crippen molar-refractivity contribution < 1.29 is 25.9 Å². The van der Waals surface area contributed by atoms with Crippen molar-refractivity contribution in [3.63, 3.8) is 0 Å². The quantitative estimate of drug-likeness (QED) is 0.654. The molecule has 2 aromatic rings. The molecule has 34 heavy (non-hydrogen) atoms. The summed E-state index contributed by atoms with van der Waals surface area (Å²) in [5, 5.41) is 0. The fourth-order valence-corrected chi connectivity index (χ4v) is 4.21. The Morgan fingerprint density at radius 3 is 2.65 bits per heavy atom. The van der Waals surface area contributed by atoms with Crippen molar-refractivity contribution in [3.8, 4) is 5.75 Å². The highest BCUT2D eigenvalue weighted by Gasteiger charge is 2.40. The minimum Gasteiger partial charge on any atom is -0.489 e. The summed E-state index contributed by atoms with van der Waals surface area (Å²) < 4.78 is 54.6. The number of amides is 2. The normalized spacial score (nSPS) is 28.5. The molecule has 0 N–H and O–H groups in total. The van der Waals surface area contributed by atoms with E-state index < -0.39 is 37.1 Å². The molecule has 3 aliphatic rings. The van der Waals surface area contributed by atoms with Crippen molar-refractivity contribution in [1.82, 2.24) is 14.7 Å². The summed E-state index contributed by atoms with van der Waals surface area (Å²) in [7, 11) is 1.27. The molecule has 0 saturated carbocycles. The second-order valence-electron chi connectivity index (χ2n) is 8.54. The largest absolute Gasteiger partial charge is 0.489 e. The van der Waals surface area contributed by atoms with Crippen LogP contribution < -0.4 is 4.74 Å². The zero-order valence-electron chi connectivity index (χ0n) is 24.2. The first-order valence-electron chi connectivity index (χ1n) is 13.8. The van der Waals surface area contributed by atoms with Gasteiger partial charge in [-0.3, -0.25) is 14.5 Å². The molecule has 7 nitrogen and oxygen atoms in total. The summed E-state index contributed by atoms with van der Waals surface area (Å²) in [6, 6.07) is 9.93. The standard InChI is InChI=1S/C27H31N3O4/c1-19-6-11-24(27(32)28(19)2)30-17-23-22(26(30)31)4-3-5-25(23)34-18-21-9-7-20(8-10-21)16-29-12-14-33-15-13-29/h3-5,7-10,24H,1,6,11-18H2,2H3/i6D2,17D2,24D. The molecular formula is C27H31N3O4. The van der Waals surface area contributed by atoms with Crippen LogP contribution in [0.4, 0.5) is 0 Å². The van der Waals surface area contributed by atoms with Gasteiger partial charge in [0.1, 0.15) is 18.4 Å². The van der Waals surface area contributed by atoms with Crippen LogP contribution in [0.3, 0.4) is 0 Å². The summed E-state index contributed by atoms with van der Waals surface area (Å²) >= 11 is 0. The molecule has 3 heterocycles. The van der Waals surface area contributed by atoms with Gasteiger partial charge in [0.2, 0.25) is 5.91 Å². The number of carbonyl (C=O) groups is 2. The van der Waals surface area contributed by atoms with Crippen LogP contribution in [0.2, 0.25) is 0 Å². The fourth-order valence-electron chi connectivity index (χ4n) is 4.21. The number of hydrogen-bond acceptors (Lipinski definition) is 5. The average Bonchev–Trinajstić information content (AvgIpc) is 3.12. The molecule has 0 bridgehead atoms. The van der Waals surface area contributed by atoms with Gasteiger partial charge in [0.25, 0.3) is 5.91 Å². The van der Waals surface area contributed by atoms with Crippen LogP contribution in [0.1, 0.15) is 46.7 Å². The van der Waals surface area contributed by atoms with E-state index in [1.165, 1.54) is 13.1 Å². The van der Waals surface area contributed by atoms with Crippen LogP contribution in [-0.4, -0.2) is 65.9 Å². The Morgan fingerprint density at radius 2 is 1.88 bits per heavy atom. The molecule has 0 aromatic heterocycles. The second kappa shape index (κ2) is 9.60. The van der Waals surface area contributed by atoms with E-state index in [2.05, 4.69) is 11.5 Å². The van der Waals surface area contributed by atoms with E-state index in [1.807, 2.05) is 24.3 Å². The summed E-state index contributed by atoms with van der Waals surface area (Å²) in [5.41, 5.74) is 1.77. The number of morpholine rings is 1. The number of fused-ring (bicyclic) bond motifs is 1. The molecule has 1 unspecified atom stereocenters. The van der Waals surface area contributed by atoms with Crippen LogP contribution in [0, 0.1) is 0 Å². The van der Waals surface area contributed by atoms with Crippen LogP contribution in [-0.2, 0) is 29.2 Å². The van der Waals surface area contributed by atoms with Gasteiger partial charge in [-0.05, 0) is 36.1 Å². The Kier molecular flexibility index (Phi) is 4.89. The summed E-state index contributed by atoms with van der Waals surface area (Å²) in [4.78, 5) is 30.4. The Bertz CT molecular complexity index is 1310. The zero-order valence-corrected chi connectivity index (χ0v) is 19.2. The molecule has 7 heteroatoms. The molecule has 2 saturated heterocycles. The number of rotatable bonds is 6. The number of nitrogens with zero attached hydrogens (tertiary/aromatic N) is 3. The summed E-state index contributed by atoms with van der Waals surface area (Å²) in [6.45, 7) is 5.20. The molecular weight excluding hydrogens is 430 g/mol. The number of ether oxygens (including phenoxy) is 2. The number of carbonyl (C=O) groups excluding carboxylic acids is 2. The van der Waals surface area contributed by atoms with Crippen LogP contribution >= 0.6 is 0 Å². The van der Waals surface area contributed by atoms with Crippen LogP contribution in [0.15, 0.2) is 54.7 Å². The van der Waals surface area contributed by atoms with Gasteiger partial charge in [0.05, 0.1) is 23.8 Å². The molecule has 178 valence electrons. The first-order valence-corrected chi connectivity index (χ1v) is 11.3. The van der Waals surface area contributed by atoms with Crippen molar-refractivity contribution in [2.24, 2.45) is 0 Å². The minimum atomic E-state index is -2.60. The number of likely N-dealkylation sites (tertiary alicyclic amines) is 1. The topological polar surface area (TPSA) is 62.3 Å². The highest BCUT2D eigenvalue weighted by molar-refractivity contribution is 6.02. The van der Waals surface area contributed by atoms with E-state index in [-0.39, 0.29) is 29.2 Å². The van der Waals surface area contributed by atoms with Gasteiger partial charge in [-0.15, -0.1) is 0 Å². The Hall–Kier alpha value is -3.16. The van der Waals surface area contributed by atoms with E-state index in [9.17, 15) is 9.59 Å². The molecule has 2 aromatic carbocycles. The Morgan fingerprint density at radius 1 is 1.15 bits per heavy atom. The van der Waals surface area contributed by atoms with Crippen molar-refractivity contribution in [3.05, 3.63) is 77.0 Å². The lowest BCUT2D eigenvalue weighted by Gasteiger charge is -2.35. The maximum absolute atomic E-state index is 13.5. The lowest BCUT2D eigenvalue weighted by atomic mass is 10.0. The third-order valence-corrected chi connectivity index (χ3v) is 6.30. The number of hydrogen-bond donors (Lipinski definition) is 0. The molecule has 0 spiro atoms. The average molecular weight is 467 g/mol. The van der Waals surface area contributed by atoms with Gasteiger partial charge in [0.15, 0.2) is 0 Å². The molecule has 2 amide bonds. The Balaban J connectivity index is 1.37. The van der Waals surface area contributed by atoms with Gasteiger partial charge in [-0.25, -0.2) is 0 Å². The molecule has 5 rings (SSSR count). The van der Waals surface area contributed by atoms with Crippen molar-refractivity contribution in [1.29, 1.82) is 0 Å². The van der Waals surface area contributed by atoms with E-state index in [1.54, 1.807) is 12.1 Å². The highest BCUT2D eigenvalue weighted by atomic mass is 16.5. The highest BCUT2D eigenvalue weighted by Crippen LogP contribution is 2.35. The lowest BCUT2D eigenvalue weighted by molar-refractivity contribution is -0.135. The molecule has 3 aliphatic heterocycles. The monoisotopic (exact) mass is 466 g/mol. The second-order valence-corrected chi connectivity index (χ2v) is 8.54. The third kappa shape index (κ3) is 4.45. The van der Waals surface area contributed by atoms with Gasteiger partial charge in [-0.2, -0.15) is 0 Å². The molecule has 0 aliphatic carbocycles. The predicted octanol–water partition coefficient (Wildman–Crippen LogP) is 3.19. The number of piperidine rings is 1. The smallest absolute Gasteiger partial charge is 0.255 e. The van der Waals surface area contributed by atoms with E-state index in [4.69, 9.17) is 16.3 Å². The fraction of sp³-hybridized carbons (Fsp3) is 0.407. The molecule has 0 radical (unpaired) electrons. The number of allylic oxidation sites excluding steroid dienone is 1. The van der Waals surface area contributed by atoms with Gasteiger partial charge >= 0.3 is 0 Å². The van der Waals surface area contributed by atoms with Crippen molar-refractivity contribution in [2.75, 3.05) is 33.4 Å². The zero-order chi connectivity index (χ0) is 28.2. The van der Waals surface area contributed by atoms with Gasteiger partial charge in [-0.1, -0.05) is 36.9 Å². The summed E-state index contributed by atoms with van der Waals surface area (Å²) in [6.07, 6.45) is -2.93. The van der Waals surface area contributed by atoms with E-state index >= 15 is 0 Å². The van der Waals surface area contributed by atoms with Crippen molar-refractivity contribution in [2.45, 2.75) is 38.5 Å². The van der Waals surface area contributed by atoms with E-state index in [0.29, 0.717) is 4.90 Å². The predicted molar refractivity (Wildman–Crippen MR) is 128 cm³/mol. The number of likely N-dealkylation sites (N-methyl/N-ethyl adjacent to an activating group) is 1. The SMILES string of the molecule is [2H]C1([2H])CC([2H])(N2C(=O)c3cccc(OCc4ccc(CN5CCOCC5)cc4)c3C2([2H])[2H])C(=O)N(C)C1=C.